The van der Waals surface area contributed by atoms with Crippen LogP contribution < -0.4 is 4.90 Å². The number of amides is 1. The van der Waals surface area contributed by atoms with E-state index in [1.165, 1.54) is 5.56 Å². The number of para-hydroxylation sites is 1. The van der Waals surface area contributed by atoms with Crippen molar-refractivity contribution < 1.29 is 4.79 Å². The third-order valence-electron chi connectivity index (χ3n) is 5.21. The fourth-order valence-corrected chi connectivity index (χ4v) is 5.10. The Morgan fingerprint density at radius 2 is 1.86 bits per heavy atom. The molecule has 0 saturated heterocycles. The van der Waals surface area contributed by atoms with Crippen LogP contribution in [0, 0.1) is 13.8 Å². The van der Waals surface area contributed by atoms with Gasteiger partial charge in [-0.25, -0.2) is 4.98 Å². The normalized spacial score (nSPS) is 11.4. The highest BCUT2D eigenvalue weighted by Crippen LogP contribution is 2.34. The van der Waals surface area contributed by atoms with E-state index in [2.05, 4.69) is 56.2 Å². The molecule has 29 heavy (non-hydrogen) atoms. The maximum Gasteiger partial charge on any atom is 0.260 e. The number of likely N-dealkylation sites (N-methyl/N-ethyl adjacent to an activating group) is 1. The Bertz CT molecular complexity index is 995. The summed E-state index contributed by atoms with van der Waals surface area (Å²) in [4.78, 5) is 23.8. The van der Waals surface area contributed by atoms with Gasteiger partial charge < -0.3 is 4.90 Å². The SMILES string of the molecule is CCN(CC)CCN(C(=O)c1ccc(C)cc1C)c1nc2c(SC)cccc2s1. The van der Waals surface area contributed by atoms with Crippen molar-refractivity contribution in [2.75, 3.05) is 37.3 Å². The fraction of sp³-hybridized carbons (Fsp3) is 0.391. The first-order valence-corrected chi connectivity index (χ1v) is 12.1. The number of hydrogen-bond donors (Lipinski definition) is 0. The molecule has 0 aliphatic heterocycles. The van der Waals surface area contributed by atoms with Crippen molar-refractivity contribution in [1.29, 1.82) is 0 Å². The number of fused-ring (bicyclic) bond motifs is 1. The number of hydrogen-bond acceptors (Lipinski definition) is 5. The molecule has 0 atom stereocenters. The molecule has 1 aromatic heterocycles. The van der Waals surface area contributed by atoms with E-state index < -0.39 is 0 Å². The summed E-state index contributed by atoms with van der Waals surface area (Å²) in [7, 11) is 0. The molecule has 0 unspecified atom stereocenters. The number of thiazole rings is 1. The average molecular weight is 428 g/mol. The number of carbonyl (C=O) groups is 1. The largest absolute Gasteiger partial charge is 0.302 e. The molecule has 3 aromatic rings. The van der Waals surface area contributed by atoms with Crippen molar-refractivity contribution >= 4 is 44.4 Å². The Hall–Kier alpha value is -1.89. The summed E-state index contributed by atoms with van der Waals surface area (Å²) in [5.41, 5.74) is 3.91. The molecule has 0 N–H and O–H groups in total. The smallest absolute Gasteiger partial charge is 0.260 e. The van der Waals surface area contributed by atoms with Crippen LogP contribution in [0.2, 0.25) is 0 Å². The van der Waals surface area contributed by atoms with Gasteiger partial charge in [-0.05, 0) is 57.0 Å². The first-order chi connectivity index (χ1) is 14.0. The number of rotatable bonds is 8. The zero-order chi connectivity index (χ0) is 21.0. The van der Waals surface area contributed by atoms with Crippen molar-refractivity contribution in [2.24, 2.45) is 0 Å². The van der Waals surface area contributed by atoms with E-state index in [0.717, 1.165) is 51.0 Å². The lowest BCUT2D eigenvalue weighted by Crippen LogP contribution is -2.39. The Morgan fingerprint density at radius 1 is 1.10 bits per heavy atom. The lowest BCUT2D eigenvalue weighted by molar-refractivity contribution is 0.0983. The maximum absolute atomic E-state index is 13.6. The van der Waals surface area contributed by atoms with Gasteiger partial charge in [-0.3, -0.25) is 9.69 Å². The Kier molecular flexibility index (Phi) is 7.33. The van der Waals surface area contributed by atoms with E-state index in [1.807, 2.05) is 24.0 Å². The molecule has 154 valence electrons. The molecule has 0 aliphatic carbocycles. The number of nitrogens with zero attached hydrogens (tertiary/aromatic N) is 3. The van der Waals surface area contributed by atoms with Gasteiger partial charge in [0.05, 0.1) is 10.2 Å². The number of benzene rings is 2. The number of carbonyl (C=O) groups excluding carboxylic acids is 1. The van der Waals surface area contributed by atoms with Crippen LogP contribution in [0.25, 0.3) is 10.2 Å². The standard InChI is InChI=1S/C23H29N3OS2/c1-6-25(7-2)13-14-26(22(27)18-12-11-16(3)15-17(18)4)23-24-21-19(28-5)9-8-10-20(21)29-23/h8-12,15H,6-7,13-14H2,1-5H3. The molecule has 2 aromatic carbocycles. The second-order valence-electron chi connectivity index (χ2n) is 7.11. The van der Waals surface area contributed by atoms with Crippen LogP contribution in [0.3, 0.4) is 0 Å². The van der Waals surface area contributed by atoms with Gasteiger partial charge in [-0.1, -0.05) is 48.9 Å². The van der Waals surface area contributed by atoms with Crippen LogP contribution in [0.4, 0.5) is 5.13 Å². The van der Waals surface area contributed by atoms with Crippen molar-refractivity contribution in [3.63, 3.8) is 0 Å². The predicted molar refractivity (Wildman–Crippen MR) is 127 cm³/mol. The highest BCUT2D eigenvalue weighted by molar-refractivity contribution is 7.98. The van der Waals surface area contributed by atoms with Gasteiger partial charge in [-0.2, -0.15) is 0 Å². The van der Waals surface area contributed by atoms with E-state index in [4.69, 9.17) is 4.98 Å². The van der Waals surface area contributed by atoms with E-state index >= 15 is 0 Å². The van der Waals surface area contributed by atoms with Gasteiger partial charge in [0.1, 0.15) is 0 Å². The zero-order valence-corrected chi connectivity index (χ0v) is 19.5. The molecule has 0 radical (unpaired) electrons. The average Bonchev–Trinajstić information content (AvgIpc) is 3.14. The first-order valence-electron chi connectivity index (χ1n) is 10.0. The lowest BCUT2D eigenvalue weighted by atomic mass is 10.0. The third kappa shape index (κ3) is 4.82. The minimum atomic E-state index is 0.0272. The Labute approximate surface area is 181 Å². The quantitative estimate of drug-likeness (QED) is 0.437. The van der Waals surface area contributed by atoms with E-state index in [1.54, 1.807) is 23.1 Å². The van der Waals surface area contributed by atoms with Crippen molar-refractivity contribution in [1.82, 2.24) is 9.88 Å². The first kappa shape index (κ1) is 21.8. The van der Waals surface area contributed by atoms with E-state index in [9.17, 15) is 4.79 Å². The molecule has 1 heterocycles. The van der Waals surface area contributed by atoms with Crippen molar-refractivity contribution in [3.05, 3.63) is 53.1 Å². The molecule has 0 aliphatic rings. The van der Waals surface area contributed by atoms with Crippen molar-refractivity contribution in [3.8, 4) is 0 Å². The summed E-state index contributed by atoms with van der Waals surface area (Å²) in [6.45, 7) is 11.8. The summed E-state index contributed by atoms with van der Waals surface area (Å²) >= 11 is 3.29. The van der Waals surface area contributed by atoms with Gasteiger partial charge in [-0.15, -0.1) is 11.8 Å². The predicted octanol–water partition coefficient (Wildman–Crippen LogP) is 5.62. The second kappa shape index (κ2) is 9.74. The molecule has 0 fully saturated rings. The minimum absolute atomic E-state index is 0.0272. The monoisotopic (exact) mass is 427 g/mol. The van der Waals surface area contributed by atoms with Gasteiger partial charge in [0.2, 0.25) is 0 Å². The summed E-state index contributed by atoms with van der Waals surface area (Å²) in [5, 5.41) is 0.777. The Morgan fingerprint density at radius 3 is 2.52 bits per heavy atom. The van der Waals surface area contributed by atoms with Crippen LogP contribution in [0.15, 0.2) is 41.3 Å². The Balaban J connectivity index is 2.01. The molecule has 3 rings (SSSR count). The van der Waals surface area contributed by atoms with E-state index in [-0.39, 0.29) is 5.91 Å². The van der Waals surface area contributed by atoms with Crippen molar-refractivity contribution in [2.45, 2.75) is 32.6 Å². The second-order valence-corrected chi connectivity index (χ2v) is 8.96. The summed E-state index contributed by atoms with van der Waals surface area (Å²) in [6.07, 6.45) is 2.06. The van der Waals surface area contributed by atoms with Gasteiger partial charge in [0.15, 0.2) is 5.13 Å². The minimum Gasteiger partial charge on any atom is -0.302 e. The highest BCUT2D eigenvalue weighted by atomic mass is 32.2. The zero-order valence-electron chi connectivity index (χ0n) is 17.9. The molecule has 0 bridgehead atoms. The number of thioether (sulfide) groups is 1. The fourth-order valence-electron chi connectivity index (χ4n) is 3.46. The molecular formula is C23H29N3OS2. The van der Waals surface area contributed by atoms with Crippen LogP contribution in [-0.4, -0.2) is 48.2 Å². The summed E-state index contributed by atoms with van der Waals surface area (Å²) in [5.74, 6) is 0.0272. The van der Waals surface area contributed by atoms with Gasteiger partial charge >= 0.3 is 0 Å². The number of aryl methyl sites for hydroxylation is 2. The van der Waals surface area contributed by atoms with Gasteiger partial charge in [0, 0.05) is 23.5 Å². The van der Waals surface area contributed by atoms with E-state index in [0.29, 0.717) is 6.54 Å². The topological polar surface area (TPSA) is 36.4 Å². The number of aromatic nitrogens is 1. The molecular weight excluding hydrogens is 398 g/mol. The van der Waals surface area contributed by atoms with Crippen LogP contribution in [0.5, 0.6) is 0 Å². The van der Waals surface area contributed by atoms with Gasteiger partial charge in [0.25, 0.3) is 5.91 Å². The summed E-state index contributed by atoms with van der Waals surface area (Å²) < 4.78 is 1.12. The van der Waals surface area contributed by atoms with Crippen LogP contribution >= 0.6 is 23.1 Å². The molecule has 0 saturated carbocycles. The molecule has 0 spiro atoms. The third-order valence-corrected chi connectivity index (χ3v) is 7.03. The molecule has 6 heteroatoms. The maximum atomic E-state index is 13.6. The molecule has 1 amide bonds. The van der Waals surface area contributed by atoms with Crippen LogP contribution in [-0.2, 0) is 0 Å². The summed E-state index contributed by atoms with van der Waals surface area (Å²) in [6, 6.07) is 12.2. The van der Waals surface area contributed by atoms with Crippen LogP contribution in [0.1, 0.15) is 35.3 Å². The molecule has 4 nitrogen and oxygen atoms in total. The highest BCUT2D eigenvalue weighted by Gasteiger charge is 2.23. The lowest BCUT2D eigenvalue weighted by Gasteiger charge is -2.25. The number of anilines is 1.